The number of aliphatic imine (C=N–C) groups is 1. The number of halogens is 9. The van der Waals surface area contributed by atoms with Gasteiger partial charge in [0, 0.05) is 63.6 Å². The number of rotatable bonds is 11. The number of thioether (sulfide) groups is 1. The number of amides is 2. The zero-order chi connectivity index (χ0) is 47.0. The van der Waals surface area contributed by atoms with Crippen molar-refractivity contribution < 1.29 is 14.7 Å². The van der Waals surface area contributed by atoms with Crippen molar-refractivity contribution >= 4 is 185 Å². The Hall–Kier alpha value is -2.71. The number of amidine groups is 1. The summed E-state index contributed by atoms with van der Waals surface area (Å²) in [5.41, 5.74) is 17.5. The molecule has 0 aliphatic rings. The second-order valence-corrected chi connectivity index (χ2v) is 19.5. The molecule has 0 bridgehead atoms. The van der Waals surface area contributed by atoms with E-state index in [1.54, 1.807) is 48.5 Å². The molecule has 0 unspecified atom stereocenters. The maximum absolute atomic E-state index is 12.8. The molecule has 6 aromatic rings. The molecule has 65 heavy (non-hydrogen) atoms. The van der Waals surface area contributed by atoms with Crippen LogP contribution in [-0.2, 0) is 25.4 Å². The molecule has 344 valence electrons. The zero-order valence-electron chi connectivity index (χ0n) is 33.9. The number of anilines is 1. The van der Waals surface area contributed by atoms with Crippen LogP contribution in [0.4, 0.5) is 11.4 Å². The van der Waals surface area contributed by atoms with Crippen molar-refractivity contribution in [3.8, 4) is 0 Å². The average molecular weight is 1320 g/mol. The number of benzene rings is 6. The highest BCUT2D eigenvalue weighted by Crippen LogP contribution is 2.24. The monoisotopic (exact) mass is 1310 g/mol. The first kappa shape index (κ1) is 58.4. The molecule has 0 aliphatic carbocycles. The van der Waals surface area contributed by atoms with Crippen LogP contribution in [0, 0.1) is 0 Å². The van der Waals surface area contributed by atoms with Crippen molar-refractivity contribution in [3.63, 3.8) is 0 Å². The number of carbonyl (C=O) groups is 2. The van der Waals surface area contributed by atoms with E-state index in [9.17, 15) is 14.7 Å². The van der Waals surface area contributed by atoms with E-state index in [2.05, 4.69) is 96.9 Å². The molecule has 9 nitrogen and oxygen atoms in total. The normalized spacial score (nSPS) is 10.3. The number of aliphatic hydroxyl groups excluding tert-OH is 1. The number of nitrogens with two attached hydrogens (primary N) is 2. The predicted octanol–water partition coefficient (Wildman–Crippen LogP) is 14.3. The van der Waals surface area contributed by atoms with Crippen molar-refractivity contribution in [2.45, 2.75) is 25.4 Å². The third kappa shape index (κ3) is 23.2. The molecule has 0 radical (unpaired) electrons. The predicted molar refractivity (Wildman–Crippen MR) is 298 cm³/mol. The molecular formula is C45H41Br5Cl4N6O3S2. The van der Waals surface area contributed by atoms with Gasteiger partial charge in [0.15, 0.2) is 10.3 Å². The van der Waals surface area contributed by atoms with Gasteiger partial charge in [0.05, 0.1) is 17.6 Å². The molecule has 0 saturated heterocycles. The number of thiocarbonyl (C=S) groups is 1. The molecule has 6 aromatic carbocycles. The second kappa shape index (κ2) is 32.1. The van der Waals surface area contributed by atoms with Gasteiger partial charge in [-0.1, -0.05) is 123 Å². The fourth-order valence-electron chi connectivity index (χ4n) is 5.08. The van der Waals surface area contributed by atoms with Crippen molar-refractivity contribution in [2.75, 3.05) is 10.7 Å². The van der Waals surface area contributed by atoms with Crippen molar-refractivity contribution in [1.82, 2.24) is 10.6 Å². The van der Waals surface area contributed by atoms with Crippen LogP contribution < -0.4 is 27.4 Å². The first-order valence-corrected chi connectivity index (χ1v) is 24.9. The van der Waals surface area contributed by atoms with Crippen LogP contribution in [0.3, 0.4) is 0 Å². The molecular weight excluding hydrogens is 1280 g/mol. The van der Waals surface area contributed by atoms with E-state index in [1.165, 1.54) is 11.8 Å². The fraction of sp³-hybridized carbons (Fsp3) is 0.111. The lowest BCUT2D eigenvalue weighted by molar-refractivity contribution is 0.0941. The summed E-state index contributed by atoms with van der Waals surface area (Å²) in [6.45, 7) is 0.659. The Morgan fingerprint density at radius 3 is 1.46 bits per heavy atom. The van der Waals surface area contributed by atoms with Crippen LogP contribution in [0.15, 0.2) is 156 Å². The Bertz CT molecular complexity index is 2460. The van der Waals surface area contributed by atoms with Gasteiger partial charge in [-0.15, -0.1) is 40.2 Å². The smallest absolute Gasteiger partial charge is 0.251 e. The minimum Gasteiger partial charge on any atom is -0.392 e. The molecule has 0 aliphatic heterocycles. The lowest BCUT2D eigenvalue weighted by Crippen LogP contribution is -2.24. The number of nitrogens with zero attached hydrogens (tertiary/aromatic N) is 1. The highest BCUT2D eigenvalue weighted by Gasteiger charge is 2.14. The standard InChI is InChI=1S/C22H18Br2ClN3OS.C15H13BrClNO2.C7H7BrN2S.CH2Cl2.BrH/c23-16-3-8-19(9-4-16)28-22(26)30-13-15-11-17(24)5-10-20(15)21(29)27-12-14-1-6-18(25)7-2-14;16-12-3-6-14(11(7-12)9-19)15(20)18-8-10-1-4-13(17)5-2-10;8-5-1-3-6(4-2-5)10-7(9)11;2-1-3;/h1-11H,12-13H2,(H2,26,28)(H,27,29);1-7,19H,8-9H2,(H,18,20);1-4H,(H3,9,10,11);1H2;1H. The summed E-state index contributed by atoms with van der Waals surface area (Å²) in [6.07, 6.45) is 0. The maximum atomic E-state index is 12.8. The summed E-state index contributed by atoms with van der Waals surface area (Å²) >= 11 is 40.8. The molecule has 20 heteroatoms. The van der Waals surface area contributed by atoms with Gasteiger partial charge in [-0.05, 0) is 144 Å². The number of hydrogen-bond donors (Lipinski definition) is 6. The summed E-state index contributed by atoms with van der Waals surface area (Å²) in [5.74, 6) is 0.169. The minimum atomic E-state index is -0.212. The molecule has 0 spiro atoms. The Kier molecular flexibility index (Phi) is 28.9. The van der Waals surface area contributed by atoms with Gasteiger partial charge in [0.2, 0.25) is 0 Å². The molecule has 0 aromatic heterocycles. The maximum Gasteiger partial charge on any atom is 0.251 e. The summed E-state index contributed by atoms with van der Waals surface area (Å²) in [5, 5.41) is 20.1. The molecule has 0 saturated carbocycles. The Morgan fingerprint density at radius 2 is 1.03 bits per heavy atom. The minimum absolute atomic E-state index is 0. The van der Waals surface area contributed by atoms with E-state index < -0.39 is 0 Å². The van der Waals surface area contributed by atoms with Crippen molar-refractivity contribution in [3.05, 3.63) is 195 Å². The van der Waals surface area contributed by atoms with Gasteiger partial charge in [0.1, 0.15) is 0 Å². The second-order valence-electron chi connectivity index (χ2n) is 12.7. The van der Waals surface area contributed by atoms with Gasteiger partial charge in [0.25, 0.3) is 11.8 Å². The lowest BCUT2D eigenvalue weighted by atomic mass is 10.1. The quantitative estimate of drug-likeness (QED) is 0.0324. The van der Waals surface area contributed by atoms with E-state index in [0.29, 0.717) is 50.7 Å². The lowest BCUT2D eigenvalue weighted by Gasteiger charge is -2.11. The number of alkyl halides is 2. The van der Waals surface area contributed by atoms with Gasteiger partial charge in [-0.2, -0.15) is 0 Å². The Balaban J connectivity index is 0.000000356. The van der Waals surface area contributed by atoms with Crippen molar-refractivity contribution in [2.24, 2.45) is 16.5 Å². The molecule has 2 amide bonds. The van der Waals surface area contributed by atoms with Crippen LogP contribution in [0.25, 0.3) is 0 Å². The third-order valence-corrected chi connectivity index (χ3v) is 11.6. The molecule has 0 fully saturated rings. The average Bonchev–Trinajstić information content (AvgIpc) is 3.27. The zero-order valence-corrected chi connectivity index (χ0v) is 46.6. The van der Waals surface area contributed by atoms with Crippen LogP contribution >= 0.6 is 151 Å². The van der Waals surface area contributed by atoms with Crippen LogP contribution in [-0.4, -0.2) is 32.5 Å². The Labute approximate surface area is 452 Å². The molecule has 0 atom stereocenters. The fourth-order valence-corrected chi connectivity index (χ4v) is 7.51. The first-order chi connectivity index (χ1) is 30.6. The van der Waals surface area contributed by atoms with Gasteiger partial charge < -0.3 is 32.5 Å². The number of carbonyl (C=O) groups excluding carboxylic acids is 2. The summed E-state index contributed by atoms with van der Waals surface area (Å²) in [6, 6.07) is 40.6. The Morgan fingerprint density at radius 1 is 0.631 bits per heavy atom. The number of aliphatic hydroxyl groups is 1. The van der Waals surface area contributed by atoms with Gasteiger partial charge >= 0.3 is 0 Å². The van der Waals surface area contributed by atoms with E-state index in [4.69, 9.17) is 57.9 Å². The van der Waals surface area contributed by atoms with E-state index in [0.717, 1.165) is 46.0 Å². The van der Waals surface area contributed by atoms with Gasteiger partial charge in [-0.3, -0.25) is 9.59 Å². The topological polar surface area (TPSA) is 155 Å². The molecule has 6 rings (SSSR count). The van der Waals surface area contributed by atoms with E-state index >= 15 is 0 Å². The number of nitrogens with one attached hydrogen (secondary N) is 3. The largest absolute Gasteiger partial charge is 0.392 e. The summed E-state index contributed by atoms with van der Waals surface area (Å²) in [7, 11) is 0. The third-order valence-electron chi connectivity index (χ3n) is 8.08. The van der Waals surface area contributed by atoms with Crippen LogP contribution in [0.2, 0.25) is 10.0 Å². The van der Waals surface area contributed by atoms with Gasteiger partial charge in [-0.25, -0.2) is 4.99 Å². The SMILES string of the molecule is Br.ClCCl.NC(=Nc1ccc(Br)cc1)SCc1cc(Br)ccc1C(=O)NCc1ccc(Cl)cc1.NC(=S)Nc1ccc(Br)cc1.O=C(NCc1ccc(Cl)cc1)c1ccc(Br)cc1CO. The van der Waals surface area contributed by atoms with Crippen LogP contribution in [0.5, 0.6) is 0 Å². The summed E-state index contributed by atoms with van der Waals surface area (Å²) in [4.78, 5) is 29.3. The van der Waals surface area contributed by atoms with Crippen molar-refractivity contribution in [1.29, 1.82) is 0 Å². The molecule has 8 N–H and O–H groups in total. The summed E-state index contributed by atoms with van der Waals surface area (Å²) < 4.78 is 3.74. The van der Waals surface area contributed by atoms with E-state index in [-0.39, 0.29) is 45.9 Å². The highest BCUT2D eigenvalue weighted by molar-refractivity contribution is 9.11. The highest BCUT2D eigenvalue weighted by atomic mass is 79.9. The molecule has 0 heterocycles. The number of hydrogen-bond acceptors (Lipinski definition) is 6. The first-order valence-electron chi connectivity index (χ1n) is 18.5. The van der Waals surface area contributed by atoms with Crippen LogP contribution in [0.1, 0.15) is 43.0 Å². The van der Waals surface area contributed by atoms with E-state index in [1.807, 2.05) is 84.9 Å².